The molecule has 0 saturated heterocycles. The van der Waals surface area contributed by atoms with Gasteiger partial charge in [0.2, 0.25) is 5.91 Å². The van der Waals surface area contributed by atoms with Crippen molar-refractivity contribution in [3.63, 3.8) is 0 Å². The first-order chi connectivity index (χ1) is 15.8. The number of benzene rings is 3. The van der Waals surface area contributed by atoms with Crippen LogP contribution in [0.2, 0.25) is 0 Å². The molecule has 4 aromatic rings. The first kappa shape index (κ1) is 22.6. The van der Waals surface area contributed by atoms with Crippen LogP contribution in [0.1, 0.15) is 12.5 Å². The minimum absolute atomic E-state index is 0.0913. The highest BCUT2D eigenvalue weighted by Gasteiger charge is 2.21. The zero-order chi connectivity index (χ0) is 23.5. The molecule has 5 nitrogen and oxygen atoms in total. The van der Waals surface area contributed by atoms with Crippen molar-refractivity contribution in [1.29, 1.82) is 0 Å². The molecular formula is C24H18F3N3O2S. The summed E-state index contributed by atoms with van der Waals surface area (Å²) >= 11 is 0.972. The molecule has 0 aliphatic heterocycles. The number of halogens is 3. The van der Waals surface area contributed by atoms with E-state index in [0.717, 1.165) is 34.0 Å². The van der Waals surface area contributed by atoms with Crippen LogP contribution in [0.5, 0.6) is 0 Å². The molecule has 33 heavy (non-hydrogen) atoms. The van der Waals surface area contributed by atoms with E-state index in [0.29, 0.717) is 11.6 Å². The van der Waals surface area contributed by atoms with Crippen molar-refractivity contribution in [3.05, 3.63) is 100 Å². The van der Waals surface area contributed by atoms with Gasteiger partial charge in [0, 0.05) is 12.6 Å². The third-order valence-corrected chi connectivity index (χ3v) is 5.98. The molecule has 0 aliphatic carbocycles. The van der Waals surface area contributed by atoms with Crippen LogP contribution in [0, 0.1) is 17.5 Å². The molecule has 1 aromatic heterocycles. The summed E-state index contributed by atoms with van der Waals surface area (Å²) in [5, 5.41) is 2.40. The van der Waals surface area contributed by atoms with E-state index >= 15 is 0 Å². The standard InChI is InChI=1S/C24H18F3N3O2S/c1-14(22(31)28-13-15-6-8-16(25)9-7-15)33-24-29-20-5-3-2-4-18(20)23(32)30(24)21-11-10-17(26)12-19(21)27/h2-12,14H,13H2,1H3,(H,28,31). The lowest BCUT2D eigenvalue weighted by Crippen LogP contribution is -2.31. The summed E-state index contributed by atoms with van der Waals surface area (Å²) in [4.78, 5) is 30.3. The fourth-order valence-electron chi connectivity index (χ4n) is 3.21. The minimum atomic E-state index is -0.926. The van der Waals surface area contributed by atoms with Crippen LogP contribution in [0.15, 0.2) is 76.7 Å². The van der Waals surface area contributed by atoms with E-state index in [-0.39, 0.29) is 34.5 Å². The topological polar surface area (TPSA) is 64.0 Å². The number of carbonyl (C=O) groups excluding carboxylic acids is 1. The summed E-state index contributed by atoms with van der Waals surface area (Å²) in [5.74, 6) is -2.43. The summed E-state index contributed by atoms with van der Waals surface area (Å²) < 4.78 is 42.1. The summed E-state index contributed by atoms with van der Waals surface area (Å²) in [6.07, 6.45) is 0. The highest BCUT2D eigenvalue weighted by atomic mass is 32.2. The average Bonchev–Trinajstić information content (AvgIpc) is 2.79. The first-order valence-corrected chi connectivity index (χ1v) is 10.9. The minimum Gasteiger partial charge on any atom is -0.351 e. The van der Waals surface area contributed by atoms with Crippen molar-refractivity contribution >= 4 is 28.6 Å². The maximum absolute atomic E-state index is 14.6. The van der Waals surface area contributed by atoms with Gasteiger partial charge in [-0.3, -0.25) is 14.2 Å². The summed E-state index contributed by atoms with van der Waals surface area (Å²) in [6.45, 7) is 1.81. The van der Waals surface area contributed by atoms with Gasteiger partial charge < -0.3 is 5.32 Å². The first-order valence-electron chi connectivity index (χ1n) is 9.99. The summed E-state index contributed by atoms with van der Waals surface area (Å²) in [6, 6.07) is 15.2. The van der Waals surface area contributed by atoms with Gasteiger partial charge in [-0.05, 0) is 48.9 Å². The van der Waals surface area contributed by atoms with Crippen molar-refractivity contribution < 1.29 is 18.0 Å². The van der Waals surface area contributed by atoms with Crippen molar-refractivity contribution in [3.8, 4) is 5.69 Å². The number of nitrogens with one attached hydrogen (secondary N) is 1. The van der Waals surface area contributed by atoms with E-state index in [4.69, 9.17) is 0 Å². The molecule has 3 aromatic carbocycles. The zero-order valence-corrected chi connectivity index (χ0v) is 18.2. The summed E-state index contributed by atoms with van der Waals surface area (Å²) in [5.41, 5.74) is 0.410. The molecule has 1 amide bonds. The molecule has 1 heterocycles. The Hall–Kier alpha value is -3.59. The maximum Gasteiger partial charge on any atom is 0.266 e. The number of carbonyl (C=O) groups is 1. The van der Waals surface area contributed by atoms with Gasteiger partial charge in [0.05, 0.1) is 21.8 Å². The normalized spacial score (nSPS) is 12.0. The second kappa shape index (κ2) is 9.50. The lowest BCUT2D eigenvalue weighted by atomic mass is 10.2. The Balaban J connectivity index is 1.66. The Labute approximate surface area is 191 Å². The SMILES string of the molecule is CC(Sc1nc2ccccc2c(=O)n1-c1ccc(F)cc1F)C(=O)NCc1ccc(F)cc1. The van der Waals surface area contributed by atoms with Gasteiger partial charge in [-0.15, -0.1) is 0 Å². The molecule has 1 N–H and O–H groups in total. The molecule has 0 saturated carbocycles. The van der Waals surface area contributed by atoms with Crippen molar-refractivity contribution in [2.45, 2.75) is 23.9 Å². The second-order valence-electron chi connectivity index (χ2n) is 7.25. The molecule has 9 heteroatoms. The predicted molar refractivity (Wildman–Crippen MR) is 121 cm³/mol. The third kappa shape index (κ3) is 4.93. The van der Waals surface area contributed by atoms with Gasteiger partial charge in [-0.1, -0.05) is 36.0 Å². The van der Waals surface area contributed by atoms with Crippen LogP contribution in [-0.2, 0) is 11.3 Å². The third-order valence-electron chi connectivity index (χ3n) is 4.93. The van der Waals surface area contributed by atoms with Gasteiger partial charge in [-0.25, -0.2) is 18.2 Å². The van der Waals surface area contributed by atoms with Crippen LogP contribution in [0.4, 0.5) is 13.2 Å². The Kier molecular flexibility index (Phi) is 6.50. The molecule has 0 radical (unpaired) electrons. The zero-order valence-electron chi connectivity index (χ0n) is 17.4. The number of amides is 1. The van der Waals surface area contributed by atoms with Crippen molar-refractivity contribution in [2.24, 2.45) is 0 Å². The number of nitrogens with zero attached hydrogens (tertiary/aromatic N) is 2. The molecule has 0 bridgehead atoms. The summed E-state index contributed by atoms with van der Waals surface area (Å²) in [7, 11) is 0. The van der Waals surface area contributed by atoms with Crippen LogP contribution < -0.4 is 10.9 Å². The highest BCUT2D eigenvalue weighted by molar-refractivity contribution is 8.00. The van der Waals surface area contributed by atoms with E-state index in [1.807, 2.05) is 0 Å². The average molecular weight is 469 g/mol. The van der Waals surface area contributed by atoms with Crippen LogP contribution in [0.3, 0.4) is 0 Å². The Morgan fingerprint density at radius 2 is 1.73 bits per heavy atom. The van der Waals surface area contributed by atoms with Gasteiger partial charge in [-0.2, -0.15) is 0 Å². The second-order valence-corrected chi connectivity index (χ2v) is 8.56. The fraction of sp³-hybridized carbons (Fsp3) is 0.125. The van der Waals surface area contributed by atoms with Gasteiger partial charge in [0.1, 0.15) is 17.5 Å². The molecule has 168 valence electrons. The Morgan fingerprint density at radius 3 is 2.45 bits per heavy atom. The number of hydrogen-bond donors (Lipinski definition) is 1. The molecular weight excluding hydrogens is 451 g/mol. The fourth-order valence-corrected chi connectivity index (χ4v) is 4.16. The monoisotopic (exact) mass is 469 g/mol. The molecule has 1 atom stereocenters. The Bertz CT molecular complexity index is 1390. The van der Waals surface area contributed by atoms with Crippen LogP contribution >= 0.6 is 11.8 Å². The number of rotatable bonds is 6. The number of aromatic nitrogens is 2. The van der Waals surface area contributed by atoms with Crippen LogP contribution in [0.25, 0.3) is 16.6 Å². The van der Waals surface area contributed by atoms with Gasteiger partial charge in [0.25, 0.3) is 5.56 Å². The quantitative estimate of drug-likeness (QED) is 0.331. The molecule has 0 aliphatic rings. The van der Waals surface area contributed by atoms with E-state index in [1.165, 1.54) is 12.1 Å². The van der Waals surface area contributed by atoms with Crippen molar-refractivity contribution in [2.75, 3.05) is 0 Å². The molecule has 0 spiro atoms. The van der Waals surface area contributed by atoms with E-state index in [9.17, 15) is 22.8 Å². The van der Waals surface area contributed by atoms with Crippen LogP contribution in [-0.4, -0.2) is 20.7 Å². The van der Waals surface area contributed by atoms with Crippen molar-refractivity contribution in [1.82, 2.24) is 14.9 Å². The number of para-hydroxylation sites is 1. The van der Waals surface area contributed by atoms with Gasteiger partial charge in [0.15, 0.2) is 5.16 Å². The predicted octanol–water partition coefficient (Wildman–Crippen LogP) is 4.60. The Morgan fingerprint density at radius 1 is 1.03 bits per heavy atom. The van der Waals surface area contributed by atoms with E-state index < -0.39 is 22.4 Å². The number of thioether (sulfide) groups is 1. The number of hydrogen-bond acceptors (Lipinski definition) is 4. The maximum atomic E-state index is 14.6. The highest BCUT2D eigenvalue weighted by Crippen LogP contribution is 2.26. The molecule has 0 fully saturated rings. The molecule has 1 unspecified atom stereocenters. The molecule has 4 rings (SSSR count). The number of fused-ring (bicyclic) bond motifs is 1. The van der Waals surface area contributed by atoms with E-state index in [1.54, 1.807) is 43.3 Å². The smallest absolute Gasteiger partial charge is 0.266 e. The lowest BCUT2D eigenvalue weighted by molar-refractivity contribution is -0.120. The largest absolute Gasteiger partial charge is 0.351 e. The van der Waals surface area contributed by atoms with Gasteiger partial charge >= 0.3 is 0 Å². The lowest BCUT2D eigenvalue weighted by Gasteiger charge is -2.17. The van der Waals surface area contributed by atoms with E-state index in [2.05, 4.69) is 10.3 Å².